The summed E-state index contributed by atoms with van der Waals surface area (Å²) in [7, 11) is 0. The van der Waals surface area contributed by atoms with Crippen LogP contribution in [-0.2, 0) is 0 Å². The summed E-state index contributed by atoms with van der Waals surface area (Å²) in [6.45, 7) is 1.82. The monoisotopic (exact) mass is 290 g/mol. The van der Waals surface area contributed by atoms with Crippen molar-refractivity contribution in [3.8, 4) is 0 Å². The SMILES string of the molecule is Cc1nc2ccc(N)cc2n1C(=O)c1ccc2[nH]ccc2c1. The fourth-order valence-corrected chi connectivity index (χ4v) is 2.78. The molecule has 0 fully saturated rings. The van der Waals surface area contributed by atoms with Gasteiger partial charge in [-0.3, -0.25) is 9.36 Å². The Kier molecular flexibility index (Phi) is 2.56. The largest absolute Gasteiger partial charge is 0.399 e. The van der Waals surface area contributed by atoms with E-state index in [0.717, 1.165) is 21.9 Å². The van der Waals surface area contributed by atoms with E-state index < -0.39 is 0 Å². The van der Waals surface area contributed by atoms with Crippen LogP contribution < -0.4 is 5.73 Å². The van der Waals surface area contributed by atoms with E-state index >= 15 is 0 Å². The van der Waals surface area contributed by atoms with Crippen molar-refractivity contribution < 1.29 is 4.79 Å². The van der Waals surface area contributed by atoms with Crippen molar-refractivity contribution in [1.29, 1.82) is 0 Å². The van der Waals surface area contributed by atoms with Gasteiger partial charge in [-0.05, 0) is 49.4 Å². The molecule has 0 aliphatic carbocycles. The van der Waals surface area contributed by atoms with Crippen molar-refractivity contribution in [2.75, 3.05) is 5.73 Å². The summed E-state index contributed by atoms with van der Waals surface area (Å²) in [6.07, 6.45) is 1.86. The average Bonchev–Trinajstić information content (AvgIpc) is 3.08. The molecule has 2 aromatic carbocycles. The minimum atomic E-state index is -0.103. The van der Waals surface area contributed by atoms with E-state index in [4.69, 9.17) is 5.73 Å². The van der Waals surface area contributed by atoms with Gasteiger partial charge in [-0.15, -0.1) is 0 Å². The lowest BCUT2D eigenvalue weighted by Gasteiger charge is -2.06. The van der Waals surface area contributed by atoms with Crippen molar-refractivity contribution in [2.45, 2.75) is 6.92 Å². The molecule has 0 unspecified atom stereocenters. The Labute approximate surface area is 126 Å². The number of aryl methyl sites for hydroxylation is 1. The second kappa shape index (κ2) is 4.46. The molecule has 0 radical (unpaired) electrons. The van der Waals surface area contributed by atoms with Crippen molar-refractivity contribution in [2.24, 2.45) is 0 Å². The number of aromatic nitrogens is 3. The number of imidazole rings is 1. The molecule has 2 aromatic heterocycles. The molecule has 0 bridgehead atoms. The van der Waals surface area contributed by atoms with Gasteiger partial charge in [0.05, 0.1) is 11.0 Å². The molecule has 0 aliphatic rings. The molecule has 4 aromatic rings. The van der Waals surface area contributed by atoms with Crippen molar-refractivity contribution in [1.82, 2.24) is 14.5 Å². The first-order valence-electron chi connectivity index (χ1n) is 7.00. The van der Waals surface area contributed by atoms with E-state index in [2.05, 4.69) is 9.97 Å². The Morgan fingerprint density at radius 3 is 2.91 bits per heavy atom. The third-order valence-corrected chi connectivity index (χ3v) is 3.85. The number of hydrogen-bond donors (Lipinski definition) is 2. The Hall–Kier alpha value is -3.08. The minimum absolute atomic E-state index is 0.103. The smallest absolute Gasteiger partial charge is 0.263 e. The van der Waals surface area contributed by atoms with Crippen LogP contribution in [-0.4, -0.2) is 20.4 Å². The highest BCUT2D eigenvalue weighted by atomic mass is 16.2. The number of carbonyl (C=O) groups excluding carboxylic acids is 1. The van der Waals surface area contributed by atoms with E-state index in [0.29, 0.717) is 17.1 Å². The summed E-state index contributed by atoms with van der Waals surface area (Å²) >= 11 is 0. The lowest BCUT2D eigenvalue weighted by molar-refractivity contribution is 0.0962. The van der Waals surface area contributed by atoms with E-state index in [1.807, 2.05) is 43.5 Å². The van der Waals surface area contributed by atoms with Gasteiger partial charge < -0.3 is 10.7 Å². The number of nitrogens with one attached hydrogen (secondary N) is 1. The van der Waals surface area contributed by atoms with Gasteiger partial charge in [0.1, 0.15) is 5.82 Å². The lowest BCUT2D eigenvalue weighted by Crippen LogP contribution is -2.13. The van der Waals surface area contributed by atoms with Crippen LogP contribution in [0.3, 0.4) is 0 Å². The molecular weight excluding hydrogens is 276 g/mol. The third-order valence-electron chi connectivity index (χ3n) is 3.85. The minimum Gasteiger partial charge on any atom is -0.399 e. The zero-order valence-electron chi connectivity index (χ0n) is 12.0. The number of fused-ring (bicyclic) bond motifs is 2. The molecule has 108 valence electrons. The highest BCUT2D eigenvalue weighted by Crippen LogP contribution is 2.22. The number of nitrogen functional groups attached to an aromatic ring is 1. The highest BCUT2D eigenvalue weighted by Gasteiger charge is 2.16. The van der Waals surface area contributed by atoms with Crippen LogP contribution in [0.5, 0.6) is 0 Å². The molecule has 2 heterocycles. The van der Waals surface area contributed by atoms with E-state index in [1.54, 1.807) is 16.7 Å². The Bertz CT molecular complexity index is 1030. The number of hydrogen-bond acceptors (Lipinski definition) is 3. The standard InChI is InChI=1S/C17H14N4O/c1-10-20-15-5-3-13(18)9-16(15)21(10)17(22)12-2-4-14-11(8-12)6-7-19-14/h2-9,19H,18H2,1H3. The Balaban J connectivity index is 1.91. The molecule has 22 heavy (non-hydrogen) atoms. The summed E-state index contributed by atoms with van der Waals surface area (Å²) in [5, 5.41) is 1.01. The predicted molar refractivity (Wildman–Crippen MR) is 86.9 cm³/mol. The quantitative estimate of drug-likeness (QED) is 0.529. The normalized spacial score (nSPS) is 11.3. The van der Waals surface area contributed by atoms with E-state index in [-0.39, 0.29) is 5.91 Å². The van der Waals surface area contributed by atoms with Crippen LogP contribution in [0.25, 0.3) is 21.9 Å². The number of anilines is 1. The van der Waals surface area contributed by atoms with E-state index in [9.17, 15) is 4.79 Å². The van der Waals surface area contributed by atoms with E-state index in [1.165, 1.54) is 0 Å². The van der Waals surface area contributed by atoms with Gasteiger partial charge in [0.15, 0.2) is 0 Å². The maximum absolute atomic E-state index is 12.9. The van der Waals surface area contributed by atoms with Gasteiger partial charge in [-0.1, -0.05) is 0 Å². The first kappa shape index (κ1) is 12.6. The molecule has 5 heteroatoms. The van der Waals surface area contributed by atoms with Crippen molar-refractivity contribution >= 4 is 33.5 Å². The Morgan fingerprint density at radius 1 is 1.18 bits per heavy atom. The molecule has 0 aliphatic heterocycles. The van der Waals surface area contributed by atoms with Gasteiger partial charge in [-0.25, -0.2) is 4.98 Å². The van der Waals surface area contributed by atoms with Gasteiger partial charge in [0, 0.05) is 28.4 Å². The summed E-state index contributed by atoms with van der Waals surface area (Å²) in [4.78, 5) is 20.4. The van der Waals surface area contributed by atoms with Crippen LogP contribution in [0.15, 0.2) is 48.7 Å². The van der Waals surface area contributed by atoms with Crippen LogP contribution in [0.4, 0.5) is 5.69 Å². The number of H-pyrrole nitrogens is 1. The molecule has 3 N–H and O–H groups in total. The first-order valence-corrected chi connectivity index (χ1v) is 7.00. The summed E-state index contributed by atoms with van der Waals surface area (Å²) < 4.78 is 1.61. The average molecular weight is 290 g/mol. The zero-order chi connectivity index (χ0) is 15.3. The number of nitrogens with two attached hydrogens (primary N) is 1. The lowest BCUT2D eigenvalue weighted by atomic mass is 10.1. The molecule has 0 saturated heterocycles. The molecule has 4 rings (SSSR count). The van der Waals surface area contributed by atoms with Gasteiger partial charge in [0.25, 0.3) is 5.91 Å². The topological polar surface area (TPSA) is 76.7 Å². The summed E-state index contributed by atoms with van der Waals surface area (Å²) in [6, 6.07) is 13.0. The molecular formula is C17H14N4O. The second-order valence-electron chi connectivity index (χ2n) is 5.33. The number of nitrogens with zero attached hydrogens (tertiary/aromatic N) is 2. The number of carbonyl (C=O) groups is 1. The maximum atomic E-state index is 12.9. The molecule has 0 atom stereocenters. The maximum Gasteiger partial charge on any atom is 0.263 e. The first-order chi connectivity index (χ1) is 10.6. The second-order valence-corrected chi connectivity index (χ2v) is 5.33. The molecule has 0 spiro atoms. The van der Waals surface area contributed by atoms with Crippen LogP contribution in [0, 0.1) is 6.92 Å². The van der Waals surface area contributed by atoms with Crippen molar-refractivity contribution in [3.05, 3.63) is 60.0 Å². The number of rotatable bonds is 1. The van der Waals surface area contributed by atoms with Crippen LogP contribution in [0.2, 0.25) is 0 Å². The fourth-order valence-electron chi connectivity index (χ4n) is 2.78. The predicted octanol–water partition coefficient (Wildman–Crippen LogP) is 3.10. The molecule has 5 nitrogen and oxygen atoms in total. The van der Waals surface area contributed by atoms with Crippen LogP contribution >= 0.6 is 0 Å². The van der Waals surface area contributed by atoms with Gasteiger partial charge >= 0.3 is 0 Å². The third kappa shape index (κ3) is 1.79. The summed E-state index contributed by atoms with van der Waals surface area (Å²) in [5.74, 6) is 0.550. The molecule has 0 amide bonds. The molecule has 0 saturated carbocycles. The van der Waals surface area contributed by atoms with Crippen molar-refractivity contribution in [3.63, 3.8) is 0 Å². The zero-order valence-corrected chi connectivity index (χ0v) is 12.0. The summed E-state index contributed by atoms with van der Waals surface area (Å²) in [5.41, 5.74) is 9.59. The van der Waals surface area contributed by atoms with Crippen LogP contribution in [0.1, 0.15) is 16.2 Å². The fraction of sp³-hybridized carbons (Fsp3) is 0.0588. The highest BCUT2D eigenvalue weighted by molar-refractivity contribution is 6.04. The van der Waals surface area contributed by atoms with Gasteiger partial charge in [0.2, 0.25) is 0 Å². The number of benzene rings is 2. The number of aromatic amines is 1. The van der Waals surface area contributed by atoms with Gasteiger partial charge in [-0.2, -0.15) is 0 Å². The Morgan fingerprint density at radius 2 is 2.05 bits per heavy atom.